The van der Waals surface area contributed by atoms with Gasteiger partial charge in [-0.3, -0.25) is 9.59 Å². The largest absolute Gasteiger partial charge is 0.381 e. The van der Waals surface area contributed by atoms with Gasteiger partial charge in [-0.25, -0.2) is 0 Å². The van der Waals surface area contributed by atoms with Crippen molar-refractivity contribution in [3.05, 3.63) is 11.6 Å². The van der Waals surface area contributed by atoms with Gasteiger partial charge in [0, 0.05) is 11.8 Å². The lowest BCUT2D eigenvalue weighted by atomic mass is 9.46. The van der Waals surface area contributed by atoms with E-state index in [2.05, 4.69) is 13.8 Å². The molecule has 3 N–H and O–H groups in total. The van der Waals surface area contributed by atoms with Gasteiger partial charge in [0.05, 0.1) is 6.54 Å². The Bertz CT molecular complexity index is 656. The van der Waals surface area contributed by atoms with Crippen molar-refractivity contribution < 1.29 is 14.7 Å². The van der Waals surface area contributed by atoms with E-state index in [9.17, 15) is 14.7 Å². The third-order valence-corrected chi connectivity index (χ3v) is 8.76. The Morgan fingerprint density at radius 1 is 1.16 bits per heavy atom. The summed E-state index contributed by atoms with van der Waals surface area (Å²) in [4.78, 5) is 24.3. The molecule has 0 spiro atoms. The average molecular weight is 345 g/mol. The highest BCUT2D eigenvalue weighted by Crippen LogP contribution is 2.67. The minimum absolute atomic E-state index is 0.0698. The van der Waals surface area contributed by atoms with Crippen molar-refractivity contribution in [2.45, 2.75) is 70.8 Å². The minimum atomic E-state index is -1.24. The van der Waals surface area contributed by atoms with Crippen LogP contribution in [-0.2, 0) is 9.59 Å². The SMILES string of the molecule is C[C@]12CCC(=O)C=C1CCC1C2CC[C@@]2(C)C1CC[C@]2(O)C(=O)CN. The van der Waals surface area contributed by atoms with Crippen LogP contribution in [0.4, 0.5) is 0 Å². The van der Waals surface area contributed by atoms with E-state index in [-0.39, 0.29) is 28.9 Å². The number of carbonyl (C=O) groups excluding carboxylic acids is 2. The molecule has 0 heterocycles. The molecular formula is C21H31NO3. The summed E-state index contributed by atoms with van der Waals surface area (Å²) >= 11 is 0. The zero-order valence-electron chi connectivity index (χ0n) is 15.5. The van der Waals surface area contributed by atoms with E-state index in [1.165, 1.54) is 5.57 Å². The maximum atomic E-state index is 12.5. The monoisotopic (exact) mass is 345 g/mol. The van der Waals surface area contributed by atoms with E-state index in [1.54, 1.807) is 0 Å². The summed E-state index contributed by atoms with van der Waals surface area (Å²) < 4.78 is 0. The summed E-state index contributed by atoms with van der Waals surface area (Å²) in [6.07, 6.45) is 9.06. The molecule has 4 aliphatic carbocycles. The van der Waals surface area contributed by atoms with Crippen LogP contribution in [0.15, 0.2) is 11.6 Å². The molecule has 6 atom stereocenters. The second-order valence-electron chi connectivity index (χ2n) is 9.45. The Morgan fingerprint density at radius 3 is 2.60 bits per heavy atom. The zero-order valence-corrected chi connectivity index (χ0v) is 15.5. The van der Waals surface area contributed by atoms with Crippen molar-refractivity contribution in [2.24, 2.45) is 34.3 Å². The molecule has 0 aromatic carbocycles. The Balaban J connectivity index is 1.68. The van der Waals surface area contributed by atoms with E-state index in [4.69, 9.17) is 5.73 Å². The van der Waals surface area contributed by atoms with Crippen LogP contribution < -0.4 is 5.73 Å². The number of Topliss-reactive ketones (excluding diaryl/α,β-unsaturated/α-hetero) is 1. The predicted octanol–water partition coefficient (Wildman–Crippen LogP) is 2.78. The van der Waals surface area contributed by atoms with Crippen LogP contribution >= 0.6 is 0 Å². The number of ketones is 2. The van der Waals surface area contributed by atoms with Gasteiger partial charge in [-0.05, 0) is 74.2 Å². The normalized spacial score (nSPS) is 49.0. The Kier molecular flexibility index (Phi) is 3.83. The van der Waals surface area contributed by atoms with Crippen LogP contribution in [-0.4, -0.2) is 28.8 Å². The summed E-state index contributed by atoms with van der Waals surface area (Å²) in [6.45, 7) is 4.42. The van der Waals surface area contributed by atoms with Crippen molar-refractivity contribution in [2.75, 3.05) is 6.54 Å². The van der Waals surface area contributed by atoms with E-state index in [0.29, 0.717) is 30.6 Å². The number of carbonyl (C=O) groups is 2. The molecular weight excluding hydrogens is 314 g/mol. The van der Waals surface area contributed by atoms with Crippen LogP contribution in [0.3, 0.4) is 0 Å². The maximum absolute atomic E-state index is 12.5. The number of hydrogen-bond acceptors (Lipinski definition) is 4. The number of rotatable bonds is 2. The lowest BCUT2D eigenvalue weighted by Gasteiger charge is -2.58. The van der Waals surface area contributed by atoms with E-state index in [1.807, 2.05) is 6.08 Å². The zero-order chi connectivity index (χ0) is 18.0. The van der Waals surface area contributed by atoms with E-state index < -0.39 is 5.60 Å². The minimum Gasteiger partial charge on any atom is -0.381 e. The summed E-state index contributed by atoms with van der Waals surface area (Å²) in [6, 6.07) is 0. The van der Waals surface area contributed by atoms with Crippen molar-refractivity contribution in [1.82, 2.24) is 0 Å². The smallest absolute Gasteiger partial charge is 0.178 e. The molecule has 4 rings (SSSR count). The standard InChI is InChI=1S/C21H31NO3/c1-19-8-5-14(23)11-13(19)3-4-15-16(19)6-9-20(2)17(15)7-10-21(20,25)18(24)12-22/h11,15-17,25H,3-10,12,22H2,1-2H3/t15?,16?,17?,19-,20-,21-/m0/s1. The van der Waals surface area contributed by atoms with Gasteiger partial charge in [-0.15, -0.1) is 0 Å². The molecule has 3 unspecified atom stereocenters. The van der Waals surface area contributed by atoms with Gasteiger partial charge in [0.1, 0.15) is 5.60 Å². The van der Waals surface area contributed by atoms with Crippen molar-refractivity contribution in [3.63, 3.8) is 0 Å². The van der Waals surface area contributed by atoms with E-state index >= 15 is 0 Å². The average Bonchev–Trinajstić information content (AvgIpc) is 2.87. The van der Waals surface area contributed by atoms with Crippen LogP contribution in [0.1, 0.15) is 65.2 Å². The Hall–Kier alpha value is -1.00. The molecule has 25 heavy (non-hydrogen) atoms. The van der Waals surface area contributed by atoms with Gasteiger partial charge in [0.2, 0.25) is 0 Å². The first-order chi connectivity index (χ1) is 11.8. The van der Waals surface area contributed by atoms with Gasteiger partial charge in [-0.2, -0.15) is 0 Å². The topological polar surface area (TPSA) is 80.4 Å². The first-order valence-electron chi connectivity index (χ1n) is 9.96. The second-order valence-corrected chi connectivity index (χ2v) is 9.45. The van der Waals surface area contributed by atoms with Crippen LogP contribution in [0.2, 0.25) is 0 Å². The molecule has 4 nitrogen and oxygen atoms in total. The van der Waals surface area contributed by atoms with Gasteiger partial charge in [0.25, 0.3) is 0 Å². The molecule has 4 heteroatoms. The highest BCUT2D eigenvalue weighted by atomic mass is 16.3. The lowest BCUT2D eigenvalue weighted by Crippen LogP contribution is -2.58. The fourth-order valence-electron chi connectivity index (χ4n) is 7.20. The number of aliphatic hydroxyl groups is 1. The molecule has 3 fully saturated rings. The molecule has 0 aliphatic heterocycles. The third kappa shape index (κ3) is 2.13. The van der Waals surface area contributed by atoms with Crippen molar-refractivity contribution in [1.29, 1.82) is 0 Å². The molecule has 3 saturated carbocycles. The van der Waals surface area contributed by atoms with Gasteiger partial charge >= 0.3 is 0 Å². The van der Waals surface area contributed by atoms with Crippen LogP contribution in [0.5, 0.6) is 0 Å². The molecule has 4 aliphatic rings. The number of allylic oxidation sites excluding steroid dienone is 1. The quantitative estimate of drug-likeness (QED) is 0.806. The second kappa shape index (κ2) is 5.50. The summed E-state index contributed by atoms with van der Waals surface area (Å²) in [5.74, 6) is 1.63. The Labute approximate surface area is 150 Å². The molecule has 0 bridgehead atoms. The van der Waals surface area contributed by atoms with Gasteiger partial charge in [0.15, 0.2) is 11.6 Å². The first-order valence-corrected chi connectivity index (χ1v) is 9.96. The maximum Gasteiger partial charge on any atom is 0.178 e. The van der Waals surface area contributed by atoms with Gasteiger partial charge < -0.3 is 10.8 Å². The molecule has 0 saturated heterocycles. The fraction of sp³-hybridized carbons (Fsp3) is 0.810. The first kappa shape index (κ1) is 17.4. The predicted molar refractivity (Wildman–Crippen MR) is 95.7 cm³/mol. The van der Waals surface area contributed by atoms with Crippen LogP contribution in [0, 0.1) is 28.6 Å². The lowest BCUT2D eigenvalue weighted by molar-refractivity contribution is -0.160. The summed E-state index contributed by atoms with van der Waals surface area (Å²) in [5, 5.41) is 11.3. The van der Waals surface area contributed by atoms with Gasteiger partial charge in [-0.1, -0.05) is 19.4 Å². The highest BCUT2D eigenvalue weighted by molar-refractivity contribution is 5.92. The van der Waals surface area contributed by atoms with Crippen molar-refractivity contribution in [3.8, 4) is 0 Å². The van der Waals surface area contributed by atoms with Crippen LogP contribution in [0.25, 0.3) is 0 Å². The fourth-order valence-corrected chi connectivity index (χ4v) is 7.20. The number of fused-ring (bicyclic) bond motifs is 5. The number of nitrogens with two attached hydrogens (primary N) is 1. The molecule has 138 valence electrons. The molecule has 0 aromatic heterocycles. The number of hydrogen-bond donors (Lipinski definition) is 2. The third-order valence-electron chi connectivity index (χ3n) is 8.76. The highest BCUT2D eigenvalue weighted by Gasteiger charge is 2.65. The molecule has 0 radical (unpaired) electrons. The summed E-state index contributed by atoms with van der Waals surface area (Å²) in [7, 11) is 0. The van der Waals surface area contributed by atoms with E-state index in [0.717, 1.165) is 38.5 Å². The molecule has 0 amide bonds. The molecule has 0 aromatic rings. The van der Waals surface area contributed by atoms with Crippen molar-refractivity contribution >= 4 is 11.6 Å². The Morgan fingerprint density at radius 2 is 1.88 bits per heavy atom. The summed E-state index contributed by atoms with van der Waals surface area (Å²) in [5.41, 5.74) is 5.54.